The molecule has 31 heavy (non-hydrogen) atoms. The SMILES string of the molecule is C#CC[NH+]1N=C(c2ccc(S(C)(=O)=O)cc2)C(c2ccc(OC)c(F)c2)=C1C(F)(F)F. The van der Waals surface area contributed by atoms with Crippen LogP contribution in [0.2, 0.25) is 0 Å². The maximum absolute atomic E-state index is 14.3. The Morgan fingerprint density at radius 1 is 1.13 bits per heavy atom. The first-order valence-corrected chi connectivity index (χ1v) is 10.7. The highest BCUT2D eigenvalue weighted by atomic mass is 32.2. The summed E-state index contributed by atoms with van der Waals surface area (Å²) in [5.41, 5.74) is -1.32. The number of alkyl halides is 3. The number of benzene rings is 2. The monoisotopic (exact) mass is 453 g/mol. The van der Waals surface area contributed by atoms with Crippen LogP contribution in [0.1, 0.15) is 11.1 Å². The third-order valence-electron chi connectivity index (χ3n) is 4.57. The Morgan fingerprint density at radius 2 is 1.74 bits per heavy atom. The number of rotatable bonds is 5. The second kappa shape index (κ2) is 8.17. The first-order chi connectivity index (χ1) is 14.5. The molecule has 10 heteroatoms. The van der Waals surface area contributed by atoms with Crippen molar-refractivity contribution in [1.29, 1.82) is 0 Å². The second-order valence-corrected chi connectivity index (χ2v) is 8.70. The molecule has 1 N–H and O–H groups in total. The van der Waals surface area contributed by atoms with Gasteiger partial charge in [0.05, 0.1) is 17.6 Å². The third kappa shape index (κ3) is 4.47. The second-order valence-electron chi connectivity index (χ2n) is 6.68. The largest absolute Gasteiger partial charge is 0.494 e. The molecule has 1 aliphatic heterocycles. The normalized spacial score (nSPS) is 16.8. The molecule has 5 nitrogen and oxygen atoms in total. The van der Waals surface area contributed by atoms with Gasteiger partial charge in [-0.15, -0.1) is 6.42 Å². The summed E-state index contributed by atoms with van der Waals surface area (Å²) < 4.78 is 84.6. The fraction of sp³-hybridized carbons (Fsp3) is 0.190. The van der Waals surface area contributed by atoms with E-state index in [2.05, 4.69) is 11.0 Å². The Kier molecular flexibility index (Phi) is 5.93. The topological polar surface area (TPSA) is 60.2 Å². The molecule has 1 heterocycles. The Morgan fingerprint density at radius 3 is 2.23 bits per heavy atom. The maximum atomic E-state index is 14.3. The molecule has 1 aliphatic rings. The van der Waals surface area contributed by atoms with Crippen LogP contribution in [0.15, 0.2) is 58.2 Å². The molecule has 1 atom stereocenters. The third-order valence-corrected chi connectivity index (χ3v) is 5.70. The van der Waals surface area contributed by atoms with E-state index >= 15 is 0 Å². The number of sulfone groups is 1. The van der Waals surface area contributed by atoms with E-state index in [9.17, 15) is 26.0 Å². The van der Waals surface area contributed by atoms with E-state index in [1.807, 2.05) is 0 Å². The number of halogens is 4. The van der Waals surface area contributed by atoms with Gasteiger partial charge >= 0.3 is 6.18 Å². The van der Waals surface area contributed by atoms with Crippen LogP contribution in [-0.4, -0.2) is 40.2 Å². The van der Waals surface area contributed by atoms with Gasteiger partial charge in [0, 0.05) is 11.8 Å². The number of nitrogens with zero attached hydrogens (tertiary/aromatic N) is 1. The Hall–Kier alpha value is -3.16. The zero-order valence-electron chi connectivity index (χ0n) is 16.4. The van der Waals surface area contributed by atoms with Crippen LogP contribution in [0.3, 0.4) is 0 Å². The van der Waals surface area contributed by atoms with E-state index in [1.54, 1.807) is 0 Å². The lowest BCUT2D eigenvalue weighted by Crippen LogP contribution is -3.06. The van der Waals surface area contributed by atoms with Crippen molar-refractivity contribution in [3.8, 4) is 18.1 Å². The van der Waals surface area contributed by atoms with E-state index in [0.29, 0.717) is 0 Å². The highest BCUT2D eigenvalue weighted by Crippen LogP contribution is 2.35. The summed E-state index contributed by atoms with van der Waals surface area (Å²) in [5, 5.41) is 3.74. The summed E-state index contributed by atoms with van der Waals surface area (Å²) in [7, 11) is -2.26. The van der Waals surface area contributed by atoms with E-state index in [0.717, 1.165) is 12.3 Å². The standard InChI is InChI=1S/C21H16F4N2O3S/c1-4-11-27-20(21(23,24)25)18(14-7-10-17(30-2)16(22)12-14)19(26-27)13-5-8-15(9-6-13)31(3,28)29/h1,5-10,12H,11H2,2-3H3/p+1. The van der Waals surface area contributed by atoms with Gasteiger partial charge < -0.3 is 4.74 Å². The summed E-state index contributed by atoms with van der Waals surface area (Å²) >= 11 is 0. The predicted octanol–water partition coefficient (Wildman–Crippen LogP) is 2.45. The number of hydrogen-bond donors (Lipinski definition) is 1. The van der Waals surface area contributed by atoms with Crippen LogP contribution in [-0.2, 0) is 9.84 Å². The van der Waals surface area contributed by atoms with Crippen LogP contribution in [0.25, 0.3) is 5.57 Å². The molecule has 0 aromatic heterocycles. The van der Waals surface area contributed by atoms with Gasteiger partial charge in [-0.05, 0) is 35.7 Å². The minimum absolute atomic E-state index is 0.000240. The van der Waals surface area contributed by atoms with Gasteiger partial charge in [-0.1, -0.05) is 23.3 Å². The maximum Gasteiger partial charge on any atom is 0.470 e. The Bertz CT molecular complexity index is 1220. The minimum atomic E-state index is -4.81. The fourth-order valence-corrected chi connectivity index (χ4v) is 3.84. The Labute approximate surface area is 176 Å². The van der Waals surface area contributed by atoms with Gasteiger partial charge in [-0.25, -0.2) is 12.8 Å². The summed E-state index contributed by atoms with van der Waals surface area (Å²) in [6, 6.07) is 8.68. The smallest absolute Gasteiger partial charge is 0.470 e. The average Bonchev–Trinajstić information content (AvgIpc) is 3.07. The molecular formula is C21H17F4N2O3S+. The lowest BCUT2D eigenvalue weighted by atomic mass is 9.94. The van der Waals surface area contributed by atoms with Crippen LogP contribution in [0.5, 0.6) is 5.75 Å². The van der Waals surface area contributed by atoms with E-state index in [4.69, 9.17) is 11.2 Å². The first kappa shape index (κ1) is 22.5. The summed E-state index contributed by atoms with van der Waals surface area (Å²) in [6.07, 6.45) is 1.44. The van der Waals surface area contributed by atoms with E-state index in [1.165, 1.54) is 43.5 Å². The van der Waals surface area contributed by atoms with Gasteiger partial charge in [-0.2, -0.15) is 18.2 Å². The number of quaternary nitrogens is 1. The quantitative estimate of drug-likeness (QED) is 0.559. The van der Waals surface area contributed by atoms with Crippen LogP contribution >= 0.6 is 0 Å². The molecule has 2 aromatic carbocycles. The number of hydrogen-bond acceptors (Lipinski definition) is 4. The van der Waals surface area contributed by atoms with Crippen LogP contribution in [0, 0.1) is 18.2 Å². The van der Waals surface area contributed by atoms with Gasteiger partial charge in [0.1, 0.15) is 5.71 Å². The summed E-state index contributed by atoms with van der Waals surface area (Å²) in [6.45, 7) is -0.387. The average molecular weight is 453 g/mol. The molecule has 0 amide bonds. The van der Waals surface area contributed by atoms with Gasteiger partial charge in [0.2, 0.25) is 0 Å². The lowest BCUT2D eigenvalue weighted by Gasteiger charge is -2.14. The van der Waals surface area contributed by atoms with Crippen molar-refractivity contribution in [1.82, 2.24) is 0 Å². The van der Waals surface area contributed by atoms with Crippen molar-refractivity contribution in [2.75, 3.05) is 19.9 Å². The van der Waals surface area contributed by atoms with E-state index < -0.39 is 27.5 Å². The molecule has 0 bridgehead atoms. The lowest BCUT2D eigenvalue weighted by molar-refractivity contribution is -0.866. The molecule has 162 valence electrons. The van der Waals surface area contributed by atoms with Gasteiger partial charge in [0.15, 0.2) is 27.9 Å². The van der Waals surface area contributed by atoms with Gasteiger partial charge in [0.25, 0.3) is 5.70 Å². The van der Waals surface area contributed by atoms with E-state index in [-0.39, 0.29) is 44.6 Å². The van der Waals surface area contributed by atoms with Crippen molar-refractivity contribution in [2.24, 2.45) is 5.10 Å². The molecule has 1 unspecified atom stereocenters. The number of nitrogens with one attached hydrogen (secondary N) is 1. The van der Waals surface area contributed by atoms with Crippen molar-refractivity contribution >= 4 is 21.1 Å². The minimum Gasteiger partial charge on any atom is -0.494 e. The zero-order valence-corrected chi connectivity index (χ0v) is 17.2. The molecule has 2 aromatic rings. The molecule has 0 aliphatic carbocycles. The highest BCUT2D eigenvalue weighted by molar-refractivity contribution is 7.90. The van der Waals surface area contributed by atoms with Gasteiger partial charge in [-0.3, -0.25) is 0 Å². The number of allylic oxidation sites excluding steroid dienone is 2. The molecule has 3 rings (SSSR count). The van der Waals surface area contributed by atoms with Crippen LogP contribution in [0.4, 0.5) is 17.6 Å². The molecule has 0 radical (unpaired) electrons. The fourth-order valence-electron chi connectivity index (χ4n) is 3.21. The summed E-state index contributed by atoms with van der Waals surface area (Å²) in [4.78, 5) is -0.000240. The molecule has 0 spiro atoms. The predicted molar refractivity (Wildman–Crippen MR) is 107 cm³/mol. The first-order valence-electron chi connectivity index (χ1n) is 8.82. The Balaban J connectivity index is 2.25. The van der Waals surface area contributed by atoms with Crippen molar-refractivity contribution in [2.45, 2.75) is 11.1 Å². The van der Waals surface area contributed by atoms with Crippen molar-refractivity contribution < 1.29 is 35.7 Å². The molecular weight excluding hydrogens is 436 g/mol. The molecule has 0 fully saturated rings. The van der Waals surface area contributed by atoms with Crippen molar-refractivity contribution in [3.05, 3.63) is 65.1 Å². The number of terminal acetylenes is 1. The molecule has 0 saturated heterocycles. The number of methoxy groups -OCH3 is 1. The van der Waals surface area contributed by atoms with Crippen LogP contribution < -0.4 is 9.75 Å². The summed E-state index contributed by atoms with van der Waals surface area (Å²) in [5.74, 6) is 1.20. The zero-order chi connectivity index (χ0) is 23.0. The number of ether oxygens (including phenoxy) is 1. The highest BCUT2D eigenvalue weighted by Gasteiger charge is 2.50. The van der Waals surface area contributed by atoms with Crippen molar-refractivity contribution in [3.63, 3.8) is 0 Å². The molecule has 0 saturated carbocycles.